The lowest BCUT2D eigenvalue weighted by molar-refractivity contribution is 0.0694. The highest BCUT2D eigenvalue weighted by Crippen LogP contribution is 2.29. The first kappa shape index (κ1) is 8.47. The fourth-order valence-corrected chi connectivity index (χ4v) is 2.14. The van der Waals surface area contributed by atoms with E-state index in [2.05, 4.69) is 4.37 Å². The molecule has 13 heavy (non-hydrogen) atoms. The van der Waals surface area contributed by atoms with Gasteiger partial charge in [-0.25, -0.2) is 4.79 Å². The third kappa shape index (κ3) is 1.28. The van der Waals surface area contributed by atoms with Crippen molar-refractivity contribution in [2.75, 3.05) is 0 Å². The van der Waals surface area contributed by atoms with E-state index in [1.54, 1.807) is 18.2 Å². The van der Waals surface area contributed by atoms with E-state index in [1.807, 2.05) is 0 Å². The molecule has 2 aromatic rings. The highest BCUT2D eigenvalue weighted by Gasteiger charge is 2.13. The van der Waals surface area contributed by atoms with E-state index in [4.69, 9.17) is 16.7 Å². The summed E-state index contributed by atoms with van der Waals surface area (Å²) in [5.41, 5.74) is 0.0718. The summed E-state index contributed by atoms with van der Waals surface area (Å²) in [4.78, 5) is 10.7. The molecule has 0 radical (unpaired) electrons. The van der Waals surface area contributed by atoms with E-state index in [0.29, 0.717) is 10.4 Å². The molecular formula is C8H4ClNO2S. The summed E-state index contributed by atoms with van der Waals surface area (Å²) in [6, 6.07) is 5.13. The molecule has 0 bridgehead atoms. The number of halogens is 1. The number of benzene rings is 1. The lowest BCUT2D eigenvalue weighted by Gasteiger charge is -1.91. The van der Waals surface area contributed by atoms with E-state index in [1.165, 1.54) is 0 Å². The molecule has 0 saturated heterocycles. The second-order valence-electron chi connectivity index (χ2n) is 2.45. The van der Waals surface area contributed by atoms with Crippen molar-refractivity contribution in [2.24, 2.45) is 0 Å². The van der Waals surface area contributed by atoms with Gasteiger partial charge in [0.15, 0.2) is 5.69 Å². The zero-order valence-corrected chi connectivity index (χ0v) is 7.89. The average molecular weight is 214 g/mol. The zero-order chi connectivity index (χ0) is 9.42. The first-order valence-electron chi connectivity index (χ1n) is 3.47. The SMILES string of the molecule is O=C(O)c1nsc2c(Cl)cccc12. The maximum Gasteiger partial charge on any atom is 0.356 e. The molecule has 0 saturated carbocycles. The van der Waals surface area contributed by atoms with Crippen LogP contribution in [-0.4, -0.2) is 15.4 Å². The van der Waals surface area contributed by atoms with Gasteiger partial charge in [0, 0.05) is 5.39 Å². The predicted molar refractivity (Wildman–Crippen MR) is 51.6 cm³/mol. The maximum atomic E-state index is 10.7. The van der Waals surface area contributed by atoms with Crippen LogP contribution in [0.4, 0.5) is 0 Å². The van der Waals surface area contributed by atoms with Gasteiger partial charge in [0.2, 0.25) is 0 Å². The number of rotatable bonds is 1. The summed E-state index contributed by atoms with van der Waals surface area (Å²) in [6.45, 7) is 0. The fraction of sp³-hybridized carbons (Fsp3) is 0. The average Bonchev–Trinajstić information content (AvgIpc) is 2.48. The monoisotopic (exact) mass is 213 g/mol. The molecule has 0 aliphatic rings. The van der Waals surface area contributed by atoms with Crippen molar-refractivity contribution in [3.8, 4) is 0 Å². The Labute approximate surface area is 82.7 Å². The van der Waals surface area contributed by atoms with Crippen LogP contribution in [-0.2, 0) is 0 Å². The Morgan fingerprint density at radius 2 is 2.31 bits per heavy atom. The van der Waals surface area contributed by atoms with Gasteiger partial charge < -0.3 is 5.11 Å². The van der Waals surface area contributed by atoms with Gasteiger partial charge in [-0.15, -0.1) is 0 Å². The molecule has 3 nitrogen and oxygen atoms in total. The summed E-state index contributed by atoms with van der Waals surface area (Å²) in [7, 11) is 0. The summed E-state index contributed by atoms with van der Waals surface area (Å²) < 4.78 is 4.54. The molecule has 1 aromatic heterocycles. The standard InChI is InChI=1S/C8H4ClNO2S/c9-5-3-1-2-4-6(8(11)12)10-13-7(4)5/h1-3H,(H,11,12). The number of carboxylic acids is 1. The lowest BCUT2D eigenvalue weighted by atomic mass is 10.2. The smallest absolute Gasteiger partial charge is 0.356 e. The van der Waals surface area contributed by atoms with Crippen molar-refractivity contribution in [2.45, 2.75) is 0 Å². The molecule has 0 amide bonds. The second-order valence-corrected chi connectivity index (χ2v) is 3.63. The molecule has 0 fully saturated rings. The molecule has 0 unspecified atom stereocenters. The predicted octanol–water partition coefficient (Wildman–Crippen LogP) is 2.65. The van der Waals surface area contributed by atoms with Crippen molar-refractivity contribution in [3.05, 3.63) is 28.9 Å². The van der Waals surface area contributed by atoms with Crippen LogP contribution >= 0.6 is 23.1 Å². The van der Waals surface area contributed by atoms with Crippen molar-refractivity contribution in [1.29, 1.82) is 0 Å². The molecule has 0 aliphatic carbocycles. The van der Waals surface area contributed by atoms with Crippen LogP contribution in [0.3, 0.4) is 0 Å². The third-order valence-electron chi connectivity index (χ3n) is 1.65. The van der Waals surface area contributed by atoms with Crippen LogP contribution in [0.2, 0.25) is 5.02 Å². The molecule has 1 heterocycles. The topological polar surface area (TPSA) is 50.2 Å². The normalized spacial score (nSPS) is 10.5. The van der Waals surface area contributed by atoms with E-state index in [9.17, 15) is 4.79 Å². The van der Waals surface area contributed by atoms with Crippen LogP contribution in [0.1, 0.15) is 10.5 Å². The van der Waals surface area contributed by atoms with Crippen molar-refractivity contribution >= 4 is 39.2 Å². The number of carbonyl (C=O) groups is 1. The summed E-state index contributed by atoms with van der Waals surface area (Å²) in [5.74, 6) is -1.02. The number of nitrogens with zero attached hydrogens (tertiary/aromatic N) is 1. The minimum atomic E-state index is -1.02. The van der Waals surface area contributed by atoms with Gasteiger partial charge in [0.1, 0.15) is 0 Å². The molecule has 0 spiro atoms. The third-order valence-corrected chi connectivity index (χ3v) is 2.98. The van der Waals surface area contributed by atoms with Gasteiger partial charge in [-0.3, -0.25) is 0 Å². The summed E-state index contributed by atoms with van der Waals surface area (Å²) in [6.07, 6.45) is 0. The zero-order valence-electron chi connectivity index (χ0n) is 6.32. The number of hydrogen-bond donors (Lipinski definition) is 1. The molecule has 0 aliphatic heterocycles. The molecule has 0 atom stereocenters. The molecular weight excluding hydrogens is 210 g/mol. The first-order valence-corrected chi connectivity index (χ1v) is 4.62. The number of aromatic carboxylic acids is 1. The van der Waals surface area contributed by atoms with Crippen LogP contribution in [0.15, 0.2) is 18.2 Å². The first-order chi connectivity index (χ1) is 6.20. The molecule has 5 heteroatoms. The van der Waals surface area contributed by atoms with E-state index in [-0.39, 0.29) is 5.69 Å². The Kier molecular flexibility index (Phi) is 1.94. The second kappa shape index (κ2) is 2.97. The highest BCUT2D eigenvalue weighted by atomic mass is 35.5. The Morgan fingerprint density at radius 3 is 3.00 bits per heavy atom. The van der Waals surface area contributed by atoms with Crippen LogP contribution in [0, 0.1) is 0 Å². The van der Waals surface area contributed by atoms with Crippen LogP contribution in [0.25, 0.3) is 10.1 Å². The van der Waals surface area contributed by atoms with Gasteiger partial charge in [-0.2, -0.15) is 4.37 Å². The van der Waals surface area contributed by atoms with Crippen molar-refractivity contribution in [1.82, 2.24) is 4.37 Å². The number of fused-ring (bicyclic) bond motifs is 1. The molecule has 66 valence electrons. The Bertz CT molecular complexity index is 480. The van der Waals surface area contributed by atoms with Crippen LogP contribution in [0.5, 0.6) is 0 Å². The quantitative estimate of drug-likeness (QED) is 0.792. The summed E-state index contributed by atoms with van der Waals surface area (Å²) in [5, 5.41) is 9.91. The van der Waals surface area contributed by atoms with Crippen molar-refractivity contribution in [3.63, 3.8) is 0 Å². The van der Waals surface area contributed by atoms with Gasteiger partial charge >= 0.3 is 5.97 Å². The van der Waals surface area contributed by atoms with Crippen LogP contribution < -0.4 is 0 Å². The van der Waals surface area contributed by atoms with Gasteiger partial charge in [0.05, 0.1) is 9.72 Å². The van der Waals surface area contributed by atoms with Gasteiger partial charge in [0.25, 0.3) is 0 Å². The minimum absolute atomic E-state index is 0.0718. The molecule has 2 rings (SSSR count). The maximum absolute atomic E-state index is 10.7. The Morgan fingerprint density at radius 1 is 1.54 bits per heavy atom. The fourth-order valence-electron chi connectivity index (χ4n) is 1.08. The van der Waals surface area contributed by atoms with E-state index >= 15 is 0 Å². The minimum Gasteiger partial charge on any atom is -0.476 e. The lowest BCUT2D eigenvalue weighted by Crippen LogP contribution is -1.95. The van der Waals surface area contributed by atoms with Crippen molar-refractivity contribution < 1.29 is 9.90 Å². The highest BCUT2D eigenvalue weighted by molar-refractivity contribution is 7.14. The molecule has 1 aromatic carbocycles. The molecule has 1 N–H and O–H groups in total. The van der Waals surface area contributed by atoms with E-state index < -0.39 is 5.97 Å². The largest absolute Gasteiger partial charge is 0.476 e. The Hall–Kier alpha value is -1.13. The van der Waals surface area contributed by atoms with Gasteiger partial charge in [-0.05, 0) is 17.6 Å². The van der Waals surface area contributed by atoms with Gasteiger partial charge in [-0.1, -0.05) is 23.7 Å². The number of hydrogen-bond acceptors (Lipinski definition) is 3. The Balaban J connectivity index is 2.83. The number of aromatic nitrogens is 1. The number of carboxylic acid groups (broad SMARTS) is 1. The summed E-state index contributed by atoms with van der Waals surface area (Å²) >= 11 is 6.96. The van der Waals surface area contributed by atoms with E-state index in [0.717, 1.165) is 16.2 Å².